The van der Waals surface area contributed by atoms with Crippen LogP contribution in [0.2, 0.25) is 0 Å². The molecule has 0 amide bonds. The number of hydrogen-bond donors (Lipinski definition) is 1. The molecule has 0 saturated carbocycles. The first-order valence-electron chi connectivity index (χ1n) is 5.88. The standard InChI is InChI=1S/C15H24O/c1-10-8-13(16)12(15(5,6)7)9-11(10)14(2,3)4/h8-9,16H,1-7H3. The lowest BCUT2D eigenvalue weighted by molar-refractivity contribution is 0.444. The van der Waals surface area contributed by atoms with Crippen molar-refractivity contribution in [3.05, 3.63) is 28.8 Å². The minimum absolute atomic E-state index is 0.0161. The predicted molar refractivity (Wildman–Crippen MR) is 70.2 cm³/mol. The first kappa shape index (κ1) is 13.1. The fourth-order valence-electron chi connectivity index (χ4n) is 2.10. The zero-order valence-electron chi connectivity index (χ0n) is 11.6. The molecule has 0 aromatic heterocycles. The van der Waals surface area contributed by atoms with Crippen LogP contribution in [-0.4, -0.2) is 5.11 Å². The summed E-state index contributed by atoms with van der Waals surface area (Å²) in [6.45, 7) is 15.1. The molecule has 1 rings (SSSR count). The Morgan fingerprint density at radius 3 is 1.62 bits per heavy atom. The minimum atomic E-state index is -0.0161. The van der Waals surface area contributed by atoms with Gasteiger partial charge in [0.2, 0.25) is 0 Å². The molecule has 0 aliphatic rings. The maximum Gasteiger partial charge on any atom is 0.119 e. The average Bonchev–Trinajstić information content (AvgIpc) is 1.97. The van der Waals surface area contributed by atoms with Crippen LogP contribution in [0.1, 0.15) is 58.2 Å². The summed E-state index contributed by atoms with van der Waals surface area (Å²) in [5, 5.41) is 10.0. The molecule has 1 nitrogen and oxygen atoms in total. The molecule has 16 heavy (non-hydrogen) atoms. The van der Waals surface area contributed by atoms with Crippen molar-refractivity contribution in [2.75, 3.05) is 0 Å². The highest BCUT2D eigenvalue weighted by atomic mass is 16.3. The number of phenolic OH excluding ortho intramolecular Hbond substituents is 1. The molecule has 90 valence electrons. The van der Waals surface area contributed by atoms with Crippen molar-refractivity contribution in [3.63, 3.8) is 0 Å². The first-order valence-corrected chi connectivity index (χ1v) is 5.88. The third-order valence-corrected chi connectivity index (χ3v) is 2.96. The zero-order valence-corrected chi connectivity index (χ0v) is 11.6. The van der Waals surface area contributed by atoms with Gasteiger partial charge in [-0.2, -0.15) is 0 Å². The van der Waals surface area contributed by atoms with Gasteiger partial charge in [-0.3, -0.25) is 0 Å². The van der Waals surface area contributed by atoms with Crippen LogP contribution < -0.4 is 0 Å². The van der Waals surface area contributed by atoms with E-state index in [1.807, 2.05) is 6.07 Å². The monoisotopic (exact) mass is 220 g/mol. The van der Waals surface area contributed by atoms with Gasteiger partial charge in [-0.15, -0.1) is 0 Å². The molecule has 1 N–H and O–H groups in total. The lowest BCUT2D eigenvalue weighted by Gasteiger charge is -2.27. The van der Waals surface area contributed by atoms with E-state index in [2.05, 4.69) is 54.5 Å². The summed E-state index contributed by atoms with van der Waals surface area (Å²) in [4.78, 5) is 0. The van der Waals surface area contributed by atoms with Crippen LogP contribution in [0.5, 0.6) is 5.75 Å². The molecule has 1 aromatic rings. The Hall–Kier alpha value is -0.980. The van der Waals surface area contributed by atoms with Crippen LogP contribution in [-0.2, 0) is 10.8 Å². The van der Waals surface area contributed by atoms with Crippen molar-refractivity contribution < 1.29 is 5.11 Å². The normalized spacial score (nSPS) is 12.9. The summed E-state index contributed by atoms with van der Waals surface area (Å²) in [7, 11) is 0. The number of aryl methyl sites for hydroxylation is 1. The van der Waals surface area contributed by atoms with Gasteiger partial charge in [0.1, 0.15) is 5.75 Å². The van der Waals surface area contributed by atoms with E-state index < -0.39 is 0 Å². The Morgan fingerprint density at radius 2 is 1.25 bits per heavy atom. The fraction of sp³-hybridized carbons (Fsp3) is 0.600. The summed E-state index contributed by atoms with van der Waals surface area (Å²) in [5.41, 5.74) is 3.62. The van der Waals surface area contributed by atoms with Gasteiger partial charge >= 0.3 is 0 Å². The second-order valence-electron chi connectivity index (χ2n) is 6.68. The van der Waals surface area contributed by atoms with Gasteiger partial charge in [0.25, 0.3) is 0 Å². The van der Waals surface area contributed by atoms with Gasteiger partial charge in [-0.1, -0.05) is 47.6 Å². The summed E-state index contributed by atoms with van der Waals surface area (Å²) >= 11 is 0. The third kappa shape index (κ3) is 2.58. The van der Waals surface area contributed by atoms with E-state index in [4.69, 9.17) is 0 Å². The number of phenols is 1. The summed E-state index contributed by atoms with van der Waals surface area (Å²) in [6, 6.07) is 4.05. The van der Waals surface area contributed by atoms with Gasteiger partial charge in [0, 0.05) is 0 Å². The van der Waals surface area contributed by atoms with Gasteiger partial charge < -0.3 is 5.11 Å². The van der Waals surface area contributed by atoms with Crippen LogP contribution in [0.15, 0.2) is 12.1 Å². The molecule has 0 radical (unpaired) electrons. The summed E-state index contributed by atoms with van der Waals surface area (Å²) < 4.78 is 0. The Bertz CT molecular complexity index is 354. The molecule has 1 heteroatoms. The zero-order chi connectivity index (χ0) is 12.7. The number of hydrogen-bond acceptors (Lipinski definition) is 1. The van der Waals surface area contributed by atoms with E-state index >= 15 is 0 Å². The van der Waals surface area contributed by atoms with E-state index in [9.17, 15) is 5.11 Å². The topological polar surface area (TPSA) is 20.2 Å². The molecule has 0 aliphatic carbocycles. The Kier molecular flexibility index (Phi) is 3.11. The fourth-order valence-corrected chi connectivity index (χ4v) is 2.10. The average molecular weight is 220 g/mol. The van der Waals surface area contributed by atoms with E-state index in [-0.39, 0.29) is 10.8 Å². The Balaban J connectivity index is 3.45. The molecule has 0 aliphatic heterocycles. The van der Waals surface area contributed by atoms with E-state index in [0.717, 1.165) is 11.1 Å². The van der Waals surface area contributed by atoms with Crippen molar-refractivity contribution in [1.82, 2.24) is 0 Å². The van der Waals surface area contributed by atoms with E-state index in [1.165, 1.54) is 5.56 Å². The second kappa shape index (κ2) is 3.80. The SMILES string of the molecule is Cc1cc(O)c(C(C)(C)C)cc1C(C)(C)C. The highest BCUT2D eigenvalue weighted by molar-refractivity contribution is 5.46. The third-order valence-electron chi connectivity index (χ3n) is 2.96. The molecule has 0 fully saturated rings. The molecule has 0 atom stereocenters. The summed E-state index contributed by atoms with van der Waals surface area (Å²) in [5.74, 6) is 0.415. The van der Waals surface area contributed by atoms with Crippen LogP contribution in [0, 0.1) is 6.92 Å². The Morgan fingerprint density at radius 1 is 0.812 bits per heavy atom. The lowest BCUT2D eigenvalue weighted by Crippen LogP contribution is -2.17. The van der Waals surface area contributed by atoms with Crippen molar-refractivity contribution in [1.29, 1.82) is 0 Å². The van der Waals surface area contributed by atoms with Gasteiger partial charge in [-0.05, 0) is 40.5 Å². The van der Waals surface area contributed by atoms with Gasteiger partial charge in [-0.25, -0.2) is 0 Å². The smallest absolute Gasteiger partial charge is 0.119 e. The molecule has 0 spiro atoms. The highest BCUT2D eigenvalue weighted by Crippen LogP contribution is 2.36. The molecule has 0 saturated heterocycles. The first-order chi connectivity index (χ1) is 7.03. The van der Waals surface area contributed by atoms with Crippen LogP contribution in [0.4, 0.5) is 0 Å². The second-order valence-corrected chi connectivity index (χ2v) is 6.68. The van der Waals surface area contributed by atoms with Crippen LogP contribution in [0.3, 0.4) is 0 Å². The Labute approximate surface area is 99.5 Å². The number of benzene rings is 1. The minimum Gasteiger partial charge on any atom is -0.508 e. The van der Waals surface area contributed by atoms with Crippen molar-refractivity contribution in [2.45, 2.75) is 59.3 Å². The molecular formula is C15H24O. The maximum absolute atomic E-state index is 10.0. The summed E-state index contributed by atoms with van der Waals surface area (Å²) in [6.07, 6.45) is 0. The van der Waals surface area contributed by atoms with Crippen molar-refractivity contribution in [3.8, 4) is 5.75 Å². The van der Waals surface area contributed by atoms with Crippen molar-refractivity contribution >= 4 is 0 Å². The highest BCUT2D eigenvalue weighted by Gasteiger charge is 2.23. The molecular weight excluding hydrogens is 196 g/mol. The molecule has 1 aromatic carbocycles. The predicted octanol–water partition coefficient (Wildman–Crippen LogP) is 4.30. The molecule has 0 unspecified atom stereocenters. The van der Waals surface area contributed by atoms with Crippen molar-refractivity contribution in [2.24, 2.45) is 0 Å². The largest absolute Gasteiger partial charge is 0.508 e. The number of aromatic hydroxyl groups is 1. The van der Waals surface area contributed by atoms with Crippen LogP contribution in [0.25, 0.3) is 0 Å². The van der Waals surface area contributed by atoms with Gasteiger partial charge in [0.15, 0.2) is 0 Å². The van der Waals surface area contributed by atoms with Gasteiger partial charge in [0.05, 0.1) is 0 Å². The maximum atomic E-state index is 10.0. The van der Waals surface area contributed by atoms with E-state index in [0.29, 0.717) is 5.75 Å². The molecule has 0 bridgehead atoms. The quantitative estimate of drug-likeness (QED) is 0.691. The number of rotatable bonds is 0. The molecule has 0 heterocycles. The van der Waals surface area contributed by atoms with Crippen LogP contribution >= 0.6 is 0 Å². The van der Waals surface area contributed by atoms with E-state index in [1.54, 1.807) is 0 Å². The lowest BCUT2D eigenvalue weighted by atomic mass is 9.78.